The van der Waals surface area contributed by atoms with Gasteiger partial charge in [0.2, 0.25) is 5.71 Å². The number of aromatic nitrogens is 4. The molecular weight excluding hydrogens is 332 g/mol. The first-order valence-corrected chi connectivity index (χ1v) is 8.53. The highest BCUT2D eigenvalue weighted by molar-refractivity contribution is 6.08. The molecule has 3 aromatic heterocycles. The van der Waals surface area contributed by atoms with Crippen LogP contribution in [0.2, 0.25) is 0 Å². The maximum Gasteiger partial charge on any atom is 0.255 e. The van der Waals surface area contributed by atoms with Crippen LogP contribution in [0, 0.1) is 13.8 Å². The van der Waals surface area contributed by atoms with Crippen LogP contribution < -0.4 is 10.6 Å². The second kappa shape index (κ2) is 6.05. The Bertz CT molecular complexity index is 975. The van der Waals surface area contributed by atoms with Gasteiger partial charge in [0.05, 0.1) is 17.5 Å². The Morgan fingerprint density at radius 2 is 1.96 bits per heavy atom. The van der Waals surface area contributed by atoms with Gasteiger partial charge in [0.15, 0.2) is 0 Å². The second-order valence-electron chi connectivity index (χ2n) is 6.99. The highest BCUT2D eigenvalue weighted by Crippen LogP contribution is 2.39. The molecule has 8 heteroatoms. The van der Waals surface area contributed by atoms with E-state index in [2.05, 4.69) is 37.5 Å². The highest BCUT2D eigenvalue weighted by atomic mass is 16.3. The number of rotatable bonds is 5. The number of fused-ring (bicyclic) bond motifs is 1. The van der Waals surface area contributed by atoms with Crippen LogP contribution in [0.25, 0.3) is 11.1 Å². The SMILES string of the molecule is Cc1cnc(CNC(=O)c2coc3nc(C)nc(NC4(C)CC4)c23)nc1. The zero-order valence-electron chi connectivity index (χ0n) is 15.0. The van der Waals surface area contributed by atoms with E-state index in [0.717, 1.165) is 18.4 Å². The third-order valence-electron chi connectivity index (χ3n) is 4.45. The lowest BCUT2D eigenvalue weighted by molar-refractivity contribution is 0.0950. The summed E-state index contributed by atoms with van der Waals surface area (Å²) in [6, 6.07) is 0. The van der Waals surface area contributed by atoms with Gasteiger partial charge in [-0.1, -0.05) is 0 Å². The number of nitrogens with zero attached hydrogens (tertiary/aromatic N) is 4. The van der Waals surface area contributed by atoms with Crippen LogP contribution in [-0.4, -0.2) is 31.4 Å². The third kappa shape index (κ3) is 3.22. The molecule has 0 unspecified atom stereocenters. The van der Waals surface area contributed by atoms with E-state index in [1.165, 1.54) is 6.26 Å². The summed E-state index contributed by atoms with van der Waals surface area (Å²) in [5.74, 6) is 1.51. The molecule has 1 amide bonds. The van der Waals surface area contributed by atoms with Crippen LogP contribution in [0.5, 0.6) is 0 Å². The van der Waals surface area contributed by atoms with Crippen molar-refractivity contribution >= 4 is 22.8 Å². The van der Waals surface area contributed by atoms with Gasteiger partial charge in [-0.05, 0) is 39.2 Å². The fraction of sp³-hybridized carbons (Fsp3) is 0.389. The predicted molar refractivity (Wildman–Crippen MR) is 95.7 cm³/mol. The number of nitrogens with one attached hydrogen (secondary N) is 2. The second-order valence-corrected chi connectivity index (χ2v) is 6.99. The van der Waals surface area contributed by atoms with Gasteiger partial charge in [0.1, 0.15) is 23.7 Å². The lowest BCUT2D eigenvalue weighted by Crippen LogP contribution is -2.24. The fourth-order valence-corrected chi connectivity index (χ4v) is 2.67. The first-order chi connectivity index (χ1) is 12.4. The minimum absolute atomic E-state index is 0.0223. The molecule has 0 radical (unpaired) electrons. The van der Waals surface area contributed by atoms with Gasteiger partial charge in [0.25, 0.3) is 5.91 Å². The van der Waals surface area contributed by atoms with Gasteiger partial charge in [-0.2, -0.15) is 4.98 Å². The number of anilines is 1. The molecule has 1 aliphatic carbocycles. The van der Waals surface area contributed by atoms with Crippen molar-refractivity contribution in [3.63, 3.8) is 0 Å². The number of furan rings is 1. The molecule has 0 aromatic carbocycles. The van der Waals surface area contributed by atoms with Crippen molar-refractivity contribution in [2.75, 3.05) is 5.32 Å². The molecule has 1 fully saturated rings. The van der Waals surface area contributed by atoms with E-state index < -0.39 is 0 Å². The first kappa shape index (κ1) is 16.4. The molecule has 4 rings (SSSR count). The molecule has 0 spiro atoms. The number of hydrogen-bond acceptors (Lipinski definition) is 7. The maximum absolute atomic E-state index is 12.7. The van der Waals surface area contributed by atoms with E-state index in [1.54, 1.807) is 19.3 Å². The number of hydrogen-bond donors (Lipinski definition) is 2. The fourth-order valence-electron chi connectivity index (χ4n) is 2.67. The van der Waals surface area contributed by atoms with E-state index in [1.807, 2.05) is 6.92 Å². The molecule has 8 nitrogen and oxygen atoms in total. The van der Waals surface area contributed by atoms with E-state index in [9.17, 15) is 4.79 Å². The predicted octanol–water partition coefficient (Wildman–Crippen LogP) is 2.52. The monoisotopic (exact) mass is 352 g/mol. The largest absolute Gasteiger partial charge is 0.445 e. The Morgan fingerprint density at radius 1 is 1.23 bits per heavy atom. The summed E-state index contributed by atoms with van der Waals surface area (Å²) in [5, 5.41) is 6.85. The molecule has 2 N–H and O–H groups in total. The maximum atomic E-state index is 12.7. The average molecular weight is 352 g/mol. The van der Waals surface area contributed by atoms with Crippen molar-refractivity contribution in [1.29, 1.82) is 0 Å². The summed E-state index contributed by atoms with van der Waals surface area (Å²) in [4.78, 5) is 29.8. The standard InChI is InChI=1S/C18H20N6O2/c1-10-6-19-13(20-7-10)8-21-16(25)12-9-26-17-14(12)15(22-11(2)23-17)24-18(3)4-5-18/h6-7,9H,4-5,8H2,1-3H3,(H,21,25)(H,22,23,24). The third-order valence-corrected chi connectivity index (χ3v) is 4.45. The minimum Gasteiger partial charge on any atom is -0.445 e. The zero-order valence-corrected chi connectivity index (χ0v) is 15.0. The van der Waals surface area contributed by atoms with Gasteiger partial charge in [-0.3, -0.25) is 4.79 Å². The van der Waals surface area contributed by atoms with Crippen molar-refractivity contribution in [3.05, 3.63) is 41.4 Å². The highest BCUT2D eigenvalue weighted by Gasteiger charge is 2.38. The van der Waals surface area contributed by atoms with E-state index in [4.69, 9.17) is 4.42 Å². The van der Waals surface area contributed by atoms with Crippen molar-refractivity contribution in [2.45, 2.75) is 45.7 Å². The quantitative estimate of drug-likeness (QED) is 0.727. The lowest BCUT2D eigenvalue weighted by atomic mass is 10.2. The summed E-state index contributed by atoms with van der Waals surface area (Å²) in [6.45, 7) is 6.08. The van der Waals surface area contributed by atoms with Gasteiger partial charge in [-0.25, -0.2) is 15.0 Å². The van der Waals surface area contributed by atoms with E-state index in [0.29, 0.717) is 34.1 Å². The Labute approximate surface area is 150 Å². The average Bonchev–Trinajstić information content (AvgIpc) is 3.16. The number of carbonyl (C=O) groups excluding carboxylic acids is 1. The van der Waals surface area contributed by atoms with Crippen molar-refractivity contribution in [3.8, 4) is 0 Å². The molecule has 134 valence electrons. The smallest absolute Gasteiger partial charge is 0.255 e. The van der Waals surface area contributed by atoms with E-state index in [-0.39, 0.29) is 18.0 Å². The Hall–Kier alpha value is -3.03. The summed E-state index contributed by atoms with van der Waals surface area (Å²) in [5.41, 5.74) is 1.80. The summed E-state index contributed by atoms with van der Waals surface area (Å²) in [7, 11) is 0. The zero-order chi connectivity index (χ0) is 18.3. The Kier molecular flexibility index (Phi) is 3.82. The lowest BCUT2D eigenvalue weighted by Gasteiger charge is -2.13. The van der Waals surface area contributed by atoms with Crippen LogP contribution in [-0.2, 0) is 6.54 Å². The van der Waals surface area contributed by atoms with E-state index >= 15 is 0 Å². The molecule has 0 bridgehead atoms. The van der Waals surface area contributed by atoms with Crippen molar-refractivity contribution in [1.82, 2.24) is 25.3 Å². The Morgan fingerprint density at radius 3 is 2.65 bits per heavy atom. The normalized spacial score (nSPS) is 15.0. The number of carbonyl (C=O) groups is 1. The number of amides is 1. The van der Waals surface area contributed by atoms with Crippen LogP contribution in [0.1, 0.15) is 47.3 Å². The Balaban J connectivity index is 1.61. The molecule has 0 aliphatic heterocycles. The van der Waals surface area contributed by atoms with Gasteiger partial charge in [0, 0.05) is 17.9 Å². The van der Waals surface area contributed by atoms with Crippen LogP contribution in [0.15, 0.2) is 23.1 Å². The summed E-state index contributed by atoms with van der Waals surface area (Å²) < 4.78 is 5.51. The minimum atomic E-state index is -0.274. The molecule has 3 heterocycles. The number of aryl methyl sites for hydroxylation is 2. The summed E-state index contributed by atoms with van der Waals surface area (Å²) in [6.07, 6.45) is 7.00. The first-order valence-electron chi connectivity index (χ1n) is 8.53. The van der Waals surface area contributed by atoms with Crippen LogP contribution in [0.3, 0.4) is 0 Å². The molecule has 0 saturated heterocycles. The van der Waals surface area contributed by atoms with Crippen molar-refractivity contribution < 1.29 is 9.21 Å². The summed E-state index contributed by atoms with van der Waals surface area (Å²) >= 11 is 0. The van der Waals surface area contributed by atoms with Crippen LogP contribution in [0.4, 0.5) is 5.82 Å². The molecule has 0 atom stereocenters. The van der Waals surface area contributed by atoms with Crippen LogP contribution >= 0.6 is 0 Å². The van der Waals surface area contributed by atoms with Gasteiger partial charge >= 0.3 is 0 Å². The van der Waals surface area contributed by atoms with Gasteiger partial charge < -0.3 is 15.1 Å². The molecule has 26 heavy (non-hydrogen) atoms. The molecule has 1 aliphatic rings. The molecule has 1 saturated carbocycles. The molecular formula is C18H20N6O2. The molecule has 3 aromatic rings. The topological polar surface area (TPSA) is 106 Å². The van der Waals surface area contributed by atoms with Crippen molar-refractivity contribution in [2.24, 2.45) is 0 Å². The van der Waals surface area contributed by atoms with Gasteiger partial charge in [-0.15, -0.1) is 0 Å².